The highest BCUT2D eigenvalue weighted by atomic mass is 16.6. The summed E-state index contributed by atoms with van der Waals surface area (Å²) >= 11 is 0. The van der Waals surface area contributed by atoms with Crippen LogP contribution >= 0.6 is 0 Å². The number of aryl methyl sites for hydroxylation is 1. The van der Waals surface area contributed by atoms with E-state index in [1.165, 1.54) is 23.1 Å². The van der Waals surface area contributed by atoms with E-state index < -0.39 is 120 Å². The first-order chi connectivity index (χ1) is 68.1. The Kier molecular flexibility index (Phi) is 53.8. The standard InChI is InChI=1S/C95H134N16O30/c1-5-27-109(28-6-2)92(124)69-54-67-11-12-68(56-78(67)105-79(96)57-69)88(120)104-72-55-70-62-110(29-23-75(70)100-59-72)95(128)141-63-65-9-15-71(16-10-65)103-90(122)76(8-7-25-99-94(97)127)107-91(123)87(64(3)4)108-80(112)19-14-66-13-17-73(111-84(116)20-21-85(111)117)58-74(66)89(121)102-61-83(115)101-60-82(114)98-26-31-130-33-35-132-37-39-134-41-43-136-45-47-138-49-51-140-53-52-139-50-48-137-46-44-135-42-40-133-38-36-131-34-32-129-30-24-81(113)106-77(93(125)126)18-22-86(118)119/h9-13,15-17,20-21,54-56,58-59,64,76-77,87H,5-8,14,18-19,22-53,57,60-63H2,1-4H3,(H2,96,105)(H,98,114)(H,101,115)(H,102,121)(H,103,122)(H,104,120)(H,106,113)(H,107,123)(H,108,112)(H,118,119)(H,125,126)(H3,97,99,127)/t76-,77-,87-/m0/s1. The molecular formula is C95H134N16O30. The number of carboxylic acids is 2. The van der Waals surface area contributed by atoms with Crippen LogP contribution in [-0.4, -0.2) is 342 Å². The SMILES string of the molecule is CCCN(CCC)C(=O)C1=Cc2ccc(C(=O)Nc3cnc4c(c3)CN(C(=O)OCc3ccc(NC(=O)[C@H](CCCNC(N)=O)NC(=O)[C@@H](NC(=O)CCc5ccc(N6C(=O)C=CC6=O)cc5C(=O)NCC(=O)NCC(=O)NCCOCCOCCOCCOCCOCCOCCOCCOCCOCCOCCOCCOCCC(=O)N[C@@H](CCC(=O)O)C(=O)O)C(C)C)cc3)CC4)cc2N=C(N)C1. The topological polar surface area (TPSA) is 612 Å². The van der Waals surface area contributed by atoms with Gasteiger partial charge in [-0.3, -0.25) is 62.5 Å². The van der Waals surface area contributed by atoms with E-state index in [0.29, 0.717) is 190 Å². The number of carbonyl (C=O) groups excluding carboxylic acids is 13. The molecule has 0 bridgehead atoms. The predicted octanol–water partition coefficient (Wildman–Crippen LogP) is 2.51. The van der Waals surface area contributed by atoms with Gasteiger partial charge in [0.05, 0.1) is 201 Å². The average molecular weight is 1980 g/mol. The van der Waals surface area contributed by atoms with E-state index in [-0.39, 0.29) is 146 Å². The zero-order chi connectivity index (χ0) is 102. The van der Waals surface area contributed by atoms with Crippen LogP contribution in [-0.2, 0) is 140 Å². The number of amides is 14. The number of fused-ring (bicyclic) bond motifs is 2. The molecular weight excluding hydrogens is 1850 g/mol. The summed E-state index contributed by atoms with van der Waals surface area (Å²) in [5.41, 5.74) is 16.4. The second-order valence-electron chi connectivity index (χ2n) is 32.5. The number of imide groups is 1. The average Bonchev–Trinajstić information content (AvgIpc) is 1.79. The van der Waals surface area contributed by atoms with Crippen LogP contribution in [0.25, 0.3) is 6.08 Å². The van der Waals surface area contributed by atoms with Crippen LogP contribution in [0, 0.1) is 5.92 Å². The summed E-state index contributed by atoms with van der Waals surface area (Å²) in [6.07, 6.45) is 6.10. The monoisotopic (exact) mass is 1980 g/mol. The summed E-state index contributed by atoms with van der Waals surface area (Å²) < 4.78 is 71.5. The van der Waals surface area contributed by atoms with Crippen LogP contribution in [0.3, 0.4) is 0 Å². The number of nitrogens with zero attached hydrogens (tertiary/aromatic N) is 5. The number of rotatable bonds is 72. The number of carbonyl (C=O) groups is 15. The minimum atomic E-state index is -1.31. The number of aromatic nitrogens is 1. The fourth-order valence-corrected chi connectivity index (χ4v) is 13.9. The molecule has 15 N–H and O–H groups in total. The lowest BCUT2D eigenvalue weighted by Gasteiger charge is -2.28. The molecule has 3 aromatic carbocycles. The summed E-state index contributed by atoms with van der Waals surface area (Å²) in [7, 11) is 0. The number of aliphatic imine (C=N–C) groups is 1. The third-order valence-electron chi connectivity index (χ3n) is 21.1. The lowest BCUT2D eigenvalue weighted by molar-refractivity contribution is -0.143. The van der Waals surface area contributed by atoms with Crippen molar-refractivity contribution in [3.8, 4) is 0 Å². The number of nitrogens with two attached hydrogens (primary N) is 2. The molecule has 7 rings (SSSR count). The maximum Gasteiger partial charge on any atom is 0.410 e. The molecule has 0 spiro atoms. The van der Waals surface area contributed by atoms with Crippen molar-refractivity contribution in [2.24, 2.45) is 22.4 Å². The lowest BCUT2D eigenvalue weighted by Crippen LogP contribution is -2.54. The largest absolute Gasteiger partial charge is 0.481 e. The number of pyridine rings is 1. The second-order valence-corrected chi connectivity index (χ2v) is 32.5. The molecule has 4 heterocycles. The molecule has 14 amide bonds. The zero-order valence-corrected chi connectivity index (χ0v) is 80.3. The number of amidine groups is 1. The number of anilines is 3. The van der Waals surface area contributed by atoms with Gasteiger partial charge in [-0.05, 0) is 110 Å². The zero-order valence-electron chi connectivity index (χ0n) is 80.3. The molecule has 0 radical (unpaired) electrons. The molecule has 141 heavy (non-hydrogen) atoms. The third-order valence-corrected chi connectivity index (χ3v) is 21.1. The Morgan fingerprint density at radius 2 is 1.08 bits per heavy atom. The molecule has 0 saturated carbocycles. The fraction of sp³-hybridized carbons (Fsp3) is 0.547. The highest BCUT2D eigenvalue weighted by Crippen LogP contribution is 2.31. The number of benzene rings is 3. The van der Waals surface area contributed by atoms with Crippen LogP contribution in [0.2, 0.25) is 0 Å². The van der Waals surface area contributed by atoms with Gasteiger partial charge in [0.1, 0.15) is 30.6 Å². The summed E-state index contributed by atoms with van der Waals surface area (Å²) in [4.78, 5) is 206. The van der Waals surface area contributed by atoms with E-state index in [9.17, 15) is 71.9 Å². The van der Waals surface area contributed by atoms with Crippen LogP contribution in [0.1, 0.15) is 134 Å². The summed E-state index contributed by atoms with van der Waals surface area (Å²) in [6.45, 7) is 15.9. The van der Waals surface area contributed by atoms with E-state index in [0.717, 1.165) is 35.6 Å². The summed E-state index contributed by atoms with van der Waals surface area (Å²) in [5, 5.41) is 41.2. The molecule has 46 heteroatoms. The lowest BCUT2D eigenvalue weighted by atomic mass is 9.99. The van der Waals surface area contributed by atoms with E-state index in [2.05, 4.69) is 57.8 Å². The van der Waals surface area contributed by atoms with Gasteiger partial charge in [-0.1, -0.05) is 52.0 Å². The second kappa shape index (κ2) is 65.9. The smallest absolute Gasteiger partial charge is 0.410 e. The van der Waals surface area contributed by atoms with Crippen molar-refractivity contribution in [1.82, 2.24) is 52.0 Å². The van der Waals surface area contributed by atoms with Gasteiger partial charge in [0.2, 0.25) is 41.4 Å². The summed E-state index contributed by atoms with van der Waals surface area (Å²) in [6, 6.07) is 12.8. The number of primary amides is 1. The van der Waals surface area contributed by atoms with E-state index in [1.54, 1.807) is 74.7 Å². The van der Waals surface area contributed by atoms with Crippen molar-refractivity contribution in [2.75, 3.05) is 220 Å². The van der Waals surface area contributed by atoms with Gasteiger partial charge >= 0.3 is 24.1 Å². The molecule has 3 aliphatic heterocycles. The number of nitrogens with one attached hydrogen (secondary N) is 9. The molecule has 3 atom stereocenters. The number of hydrogen-bond acceptors (Lipinski definition) is 31. The summed E-state index contributed by atoms with van der Waals surface area (Å²) in [5.74, 6) is -9.35. The van der Waals surface area contributed by atoms with Gasteiger partial charge in [-0.25, -0.2) is 24.3 Å². The van der Waals surface area contributed by atoms with Crippen LogP contribution in [0.4, 0.5) is 32.3 Å². The molecule has 4 aromatic rings. The quantitative estimate of drug-likeness (QED) is 0.0223. The van der Waals surface area contributed by atoms with Crippen molar-refractivity contribution in [3.05, 3.63) is 130 Å². The van der Waals surface area contributed by atoms with Gasteiger partial charge in [-0.2, -0.15) is 0 Å². The number of urea groups is 1. The van der Waals surface area contributed by atoms with Crippen molar-refractivity contribution < 1.29 is 144 Å². The minimum Gasteiger partial charge on any atom is -0.481 e. The van der Waals surface area contributed by atoms with Gasteiger partial charge in [0.25, 0.3) is 23.6 Å². The molecule has 0 unspecified atom stereocenters. The van der Waals surface area contributed by atoms with Crippen molar-refractivity contribution >= 4 is 124 Å². The van der Waals surface area contributed by atoms with Crippen molar-refractivity contribution in [1.29, 1.82) is 0 Å². The highest BCUT2D eigenvalue weighted by molar-refractivity contribution is 6.28. The number of ether oxygens (including phenoxy) is 13. The Bertz CT molecular complexity index is 4800. The first-order valence-electron chi connectivity index (χ1n) is 47.0. The molecule has 46 nitrogen and oxygen atoms in total. The molecule has 0 aliphatic carbocycles. The molecule has 0 saturated heterocycles. The normalized spacial score (nSPS) is 13.3. The van der Waals surface area contributed by atoms with Gasteiger partial charge in [0.15, 0.2) is 0 Å². The Morgan fingerprint density at radius 3 is 1.62 bits per heavy atom. The molecule has 774 valence electrons. The maximum absolute atomic E-state index is 14.2. The van der Waals surface area contributed by atoms with Crippen molar-refractivity contribution in [2.45, 2.75) is 130 Å². The van der Waals surface area contributed by atoms with Crippen LogP contribution < -0.4 is 64.2 Å². The number of aliphatic carboxylic acids is 2. The first-order valence-corrected chi connectivity index (χ1v) is 47.0. The third kappa shape index (κ3) is 45.1. The van der Waals surface area contributed by atoms with Crippen LogP contribution in [0.5, 0.6) is 0 Å². The van der Waals surface area contributed by atoms with Crippen LogP contribution in [0.15, 0.2) is 95.6 Å². The van der Waals surface area contributed by atoms with E-state index in [1.807, 2.05) is 18.7 Å². The maximum atomic E-state index is 14.2. The van der Waals surface area contributed by atoms with E-state index >= 15 is 0 Å². The Labute approximate surface area is 817 Å². The Balaban J connectivity index is 0.706. The molecule has 0 fully saturated rings. The number of hydrogen-bond donors (Lipinski definition) is 13. The number of carboxylic acid groups (broad SMARTS) is 2. The predicted molar refractivity (Wildman–Crippen MR) is 510 cm³/mol. The van der Waals surface area contributed by atoms with Gasteiger partial charge in [-0.15, -0.1) is 0 Å². The highest BCUT2D eigenvalue weighted by Gasteiger charge is 2.33. The van der Waals surface area contributed by atoms with Gasteiger partial charge in [0, 0.05) is 111 Å². The van der Waals surface area contributed by atoms with Crippen molar-refractivity contribution in [3.63, 3.8) is 0 Å². The first kappa shape index (κ1) is 115. The Hall–Kier alpha value is -12.9. The molecule has 1 aromatic heterocycles. The molecule has 3 aliphatic rings. The van der Waals surface area contributed by atoms with E-state index in [4.69, 9.17) is 83.3 Å². The Morgan fingerprint density at radius 1 is 0.532 bits per heavy atom. The van der Waals surface area contributed by atoms with Gasteiger partial charge < -0.3 is 141 Å². The fourth-order valence-electron chi connectivity index (χ4n) is 13.9. The minimum absolute atomic E-state index is 0.00390.